The van der Waals surface area contributed by atoms with Gasteiger partial charge in [0.25, 0.3) is 0 Å². The molecule has 6 heteroatoms. The van der Waals surface area contributed by atoms with Crippen molar-refractivity contribution in [3.8, 4) is 10.4 Å². The van der Waals surface area contributed by atoms with Gasteiger partial charge in [-0.15, -0.1) is 11.3 Å². The molecule has 4 fully saturated rings. The Kier molecular flexibility index (Phi) is 3.18. The molecule has 0 saturated carbocycles. The highest BCUT2D eigenvalue weighted by Crippen LogP contribution is 2.45. The second-order valence-electron chi connectivity index (χ2n) is 6.95. The van der Waals surface area contributed by atoms with E-state index < -0.39 is 0 Å². The summed E-state index contributed by atoms with van der Waals surface area (Å²) in [4.78, 5) is 22.1. The van der Waals surface area contributed by atoms with E-state index in [4.69, 9.17) is 4.74 Å². The van der Waals surface area contributed by atoms with Crippen LogP contribution >= 0.6 is 11.3 Å². The fourth-order valence-corrected chi connectivity index (χ4v) is 5.30. The van der Waals surface area contributed by atoms with Crippen molar-refractivity contribution in [2.24, 2.45) is 5.92 Å². The van der Waals surface area contributed by atoms with Gasteiger partial charge in [-0.25, -0.2) is 4.79 Å². The van der Waals surface area contributed by atoms with Crippen LogP contribution in [0.1, 0.15) is 12.8 Å². The van der Waals surface area contributed by atoms with Gasteiger partial charge in [0, 0.05) is 35.3 Å². The first-order valence-electron chi connectivity index (χ1n) is 8.47. The van der Waals surface area contributed by atoms with E-state index >= 15 is 0 Å². The first-order valence-corrected chi connectivity index (χ1v) is 9.28. The summed E-state index contributed by atoms with van der Waals surface area (Å²) in [6.45, 7) is 3.86. The number of aromatic nitrogens is 1. The first-order chi connectivity index (χ1) is 11.7. The van der Waals surface area contributed by atoms with Crippen molar-refractivity contribution in [3.05, 3.63) is 36.7 Å². The lowest BCUT2D eigenvalue weighted by molar-refractivity contribution is -0.0881. The zero-order chi connectivity index (χ0) is 16.1. The molecule has 0 N–H and O–H groups in total. The molecule has 0 aromatic carbocycles. The highest BCUT2D eigenvalue weighted by molar-refractivity contribution is 7.19. The summed E-state index contributed by atoms with van der Waals surface area (Å²) in [6.07, 6.45) is 5.72. The lowest BCUT2D eigenvalue weighted by Gasteiger charge is -2.49. The Labute approximate surface area is 144 Å². The Hall–Kier alpha value is -1.92. The molecule has 0 aliphatic carbocycles. The fourth-order valence-electron chi connectivity index (χ4n) is 4.32. The topological polar surface area (TPSA) is 45.7 Å². The van der Waals surface area contributed by atoms with E-state index in [9.17, 15) is 4.79 Å². The van der Waals surface area contributed by atoms with Gasteiger partial charge in [-0.2, -0.15) is 0 Å². The first kappa shape index (κ1) is 14.4. The summed E-state index contributed by atoms with van der Waals surface area (Å²) in [5.74, 6) is 0.509. The van der Waals surface area contributed by atoms with E-state index in [1.807, 2.05) is 29.3 Å². The number of thiophene rings is 1. The summed E-state index contributed by atoms with van der Waals surface area (Å²) >= 11 is 1.63. The molecule has 4 aliphatic rings. The molecule has 4 saturated heterocycles. The van der Waals surface area contributed by atoms with Gasteiger partial charge in [0.15, 0.2) is 0 Å². The highest BCUT2D eigenvalue weighted by Gasteiger charge is 2.55. The summed E-state index contributed by atoms with van der Waals surface area (Å²) in [7, 11) is 0. The van der Waals surface area contributed by atoms with Gasteiger partial charge in [-0.05, 0) is 44.1 Å². The van der Waals surface area contributed by atoms with Crippen molar-refractivity contribution in [2.45, 2.75) is 18.4 Å². The van der Waals surface area contributed by atoms with E-state index in [1.54, 1.807) is 17.5 Å². The van der Waals surface area contributed by atoms with Crippen LogP contribution in [0.15, 0.2) is 36.7 Å². The van der Waals surface area contributed by atoms with Gasteiger partial charge < -0.3 is 4.74 Å². The number of fused-ring (bicyclic) bond motifs is 2. The Morgan fingerprint density at radius 3 is 2.79 bits per heavy atom. The predicted octanol–water partition coefficient (Wildman–Crippen LogP) is 3.23. The van der Waals surface area contributed by atoms with Crippen LogP contribution in [0.25, 0.3) is 10.4 Å². The average Bonchev–Trinajstić information content (AvgIpc) is 3.22. The summed E-state index contributed by atoms with van der Waals surface area (Å²) < 4.78 is 5.95. The second kappa shape index (κ2) is 5.29. The molecule has 2 aromatic rings. The molecule has 1 spiro atoms. The lowest BCUT2D eigenvalue weighted by Crippen LogP contribution is -2.61. The van der Waals surface area contributed by atoms with Crippen LogP contribution in [0, 0.1) is 5.92 Å². The number of carbonyl (C=O) groups is 1. The number of hydrogen-bond acceptors (Lipinski definition) is 5. The van der Waals surface area contributed by atoms with Gasteiger partial charge in [-0.1, -0.05) is 6.07 Å². The van der Waals surface area contributed by atoms with Crippen LogP contribution < -0.4 is 4.90 Å². The van der Waals surface area contributed by atoms with Crippen LogP contribution in [0.2, 0.25) is 0 Å². The molecular formula is C18H19N3O2S. The maximum atomic E-state index is 12.5. The van der Waals surface area contributed by atoms with Crippen LogP contribution in [0.3, 0.4) is 0 Å². The van der Waals surface area contributed by atoms with Gasteiger partial charge in [0.1, 0.15) is 10.6 Å². The second-order valence-corrected chi connectivity index (χ2v) is 8.01. The molecule has 5 nitrogen and oxygen atoms in total. The highest BCUT2D eigenvalue weighted by atomic mass is 32.1. The minimum absolute atomic E-state index is 0.191. The predicted molar refractivity (Wildman–Crippen MR) is 93.3 cm³/mol. The third kappa shape index (κ3) is 2.17. The van der Waals surface area contributed by atoms with Crippen molar-refractivity contribution in [2.75, 3.05) is 31.1 Å². The number of nitrogens with zero attached hydrogens (tertiary/aromatic N) is 3. The molecule has 0 unspecified atom stereocenters. The lowest BCUT2D eigenvalue weighted by atomic mass is 9.75. The van der Waals surface area contributed by atoms with Crippen molar-refractivity contribution in [1.82, 2.24) is 9.88 Å². The van der Waals surface area contributed by atoms with Crippen molar-refractivity contribution in [3.63, 3.8) is 0 Å². The molecular weight excluding hydrogens is 322 g/mol. The van der Waals surface area contributed by atoms with E-state index in [-0.39, 0.29) is 11.7 Å². The minimum atomic E-state index is -0.300. The largest absolute Gasteiger partial charge is 0.439 e. The molecule has 4 aliphatic heterocycles. The van der Waals surface area contributed by atoms with Crippen LogP contribution in [-0.4, -0.2) is 47.8 Å². The van der Waals surface area contributed by atoms with E-state index in [2.05, 4.69) is 16.0 Å². The maximum Gasteiger partial charge on any atom is 0.415 e. The van der Waals surface area contributed by atoms with Crippen molar-refractivity contribution >= 4 is 22.4 Å². The van der Waals surface area contributed by atoms with Gasteiger partial charge in [0.05, 0.1) is 6.54 Å². The van der Waals surface area contributed by atoms with Gasteiger partial charge in [0.2, 0.25) is 0 Å². The molecule has 6 heterocycles. The van der Waals surface area contributed by atoms with Gasteiger partial charge >= 0.3 is 6.09 Å². The third-order valence-electron chi connectivity index (χ3n) is 5.56. The summed E-state index contributed by atoms with van der Waals surface area (Å²) in [5, 5.41) is 0.965. The van der Waals surface area contributed by atoms with Crippen molar-refractivity contribution in [1.29, 1.82) is 0 Å². The number of carbonyl (C=O) groups excluding carboxylic acids is 1. The smallest absolute Gasteiger partial charge is 0.415 e. The number of rotatable bonds is 2. The van der Waals surface area contributed by atoms with Crippen molar-refractivity contribution < 1.29 is 9.53 Å². The molecule has 0 radical (unpaired) electrons. The van der Waals surface area contributed by atoms with E-state index in [1.165, 1.54) is 0 Å². The number of pyridine rings is 1. The number of amides is 1. The zero-order valence-electron chi connectivity index (χ0n) is 13.4. The van der Waals surface area contributed by atoms with Gasteiger partial charge in [-0.3, -0.25) is 14.8 Å². The Morgan fingerprint density at radius 2 is 2.08 bits per heavy atom. The Balaban J connectivity index is 1.42. The average molecular weight is 341 g/mol. The van der Waals surface area contributed by atoms with Crippen LogP contribution in [0.4, 0.5) is 9.80 Å². The Morgan fingerprint density at radius 1 is 1.21 bits per heavy atom. The number of ether oxygens (including phenoxy) is 1. The molecule has 24 heavy (non-hydrogen) atoms. The summed E-state index contributed by atoms with van der Waals surface area (Å²) in [6, 6.07) is 8.06. The molecule has 2 aromatic heterocycles. The molecule has 1 atom stereocenters. The SMILES string of the molecule is O=C1O[C@]2(CN3CCC2CC3)CN1c1ccc(-c2cccnc2)s1. The standard InChI is InChI=1S/C18H19N3O2S/c22-17-21(12-18(23-17)11-20-8-5-14(18)6-9-20)16-4-3-15(24-16)13-2-1-7-19-10-13/h1-4,7,10,14H,5-6,8-9,11-12H2/t18-/m1/s1. The third-order valence-corrected chi connectivity index (χ3v) is 6.72. The fraction of sp³-hybridized carbons (Fsp3) is 0.444. The molecule has 2 bridgehead atoms. The molecule has 124 valence electrons. The quantitative estimate of drug-likeness (QED) is 0.841. The van der Waals surface area contributed by atoms with E-state index in [0.29, 0.717) is 12.5 Å². The zero-order valence-corrected chi connectivity index (χ0v) is 14.2. The number of piperidine rings is 3. The molecule has 6 rings (SSSR count). The Bertz CT molecular complexity index is 770. The summed E-state index contributed by atoms with van der Waals surface area (Å²) in [5.41, 5.74) is 0.783. The van der Waals surface area contributed by atoms with E-state index in [0.717, 1.165) is 47.9 Å². The monoisotopic (exact) mass is 341 g/mol. The number of anilines is 1. The maximum absolute atomic E-state index is 12.5. The minimum Gasteiger partial charge on any atom is -0.439 e. The number of hydrogen-bond donors (Lipinski definition) is 0. The van der Waals surface area contributed by atoms with Crippen LogP contribution in [-0.2, 0) is 4.74 Å². The molecule has 1 amide bonds. The normalized spacial score (nSPS) is 31.7. The van der Waals surface area contributed by atoms with Crippen LogP contribution in [0.5, 0.6) is 0 Å².